The zero-order chi connectivity index (χ0) is 12.4. The predicted octanol–water partition coefficient (Wildman–Crippen LogP) is 0.516. The van der Waals surface area contributed by atoms with Crippen LogP contribution in [0.2, 0.25) is 0 Å². The molecule has 1 aliphatic rings. The number of anilines is 1. The zero-order valence-electron chi connectivity index (χ0n) is 10.1. The number of likely N-dealkylation sites (N-methyl/N-ethyl adjacent to an activating group) is 1. The molecule has 1 aliphatic heterocycles. The Morgan fingerprint density at radius 2 is 2.53 bits per heavy atom. The van der Waals surface area contributed by atoms with Crippen LogP contribution in [0, 0.1) is 10.1 Å². The average molecular weight is 239 g/mol. The number of aryl methyl sites for hydroxylation is 1. The summed E-state index contributed by atoms with van der Waals surface area (Å²) in [7, 11) is 3.64. The Morgan fingerprint density at radius 1 is 1.76 bits per heavy atom. The van der Waals surface area contributed by atoms with Crippen molar-refractivity contribution < 1.29 is 4.92 Å². The summed E-state index contributed by atoms with van der Waals surface area (Å²) in [5.41, 5.74) is 0. The van der Waals surface area contributed by atoms with Gasteiger partial charge in [0.1, 0.15) is 0 Å². The van der Waals surface area contributed by atoms with Crippen LogP contribution in [0.5, 0.6) is 0 Å². The third-order valence-electron chi connectivity index (χ3n) is 3.08. The van der Waals surface area contributed by atoms with Crippen molar-refractivity contribution in [3.05, 3.63) is 16.4 Å². The van der Waals surface area contributed by atoms with Crippen molar-refractivity contribution in [1.29, 1.82) is 0 Å². The van der Waals surface area contributed by atoms with Gasteiger partial charge in [-0.25, -0.2) is 0 Å². The first-order valence-corrected chi connectivity index (χ1v) is 5.70. The van der Waals surface area contributed by atoms with Crippen LogP contribution in [-0.2, 0) is 7.05 Å². The molecule has 2 rings (SSSR count). The van der Waals surface area contributed by atoms with Gasteiger partial charge in [-0.2, -0.15) is 0 Å². The minimum atomic E-state index is -0.437. The fourth-order valence-electron chi connectivity index (χ4n) is 2.31. The maximum absolute atomic E-state index is 10.9. The van der Waals surface area contributed by atoms with Crippen molar-refractivity contribution in [3.63, 3.8) is 0 Å². The number of hydrogen-bond acceptors (Lipinski definition) is 5. The first-order chi connectivity index (χ1) is 8.09. The van der Waals surface area contributed by atoms with Gasteiger partial charge in [-0.3, -0.25) is 4.57 Å². The molecule has 2 heterocycles. The molecule has 1 saturated heterocycles. The van der Waals surface area contributed by atoms with Crippen LogP contribution >= 0.6 is 0 Å². The number of rotatable bonds is 4. The van der Waals surface area contributed by atoms with Gasteiger partial charge in [0.15, 0.2) is 0 Å². The van der Waals surface area contributed by atoms with Gasteiger partial charge in [0.05, 0.1) is 0 Å². The van der Waals surface area contributed by atoms with Gasteiger partial charge in [-0.1, -0.05) is 0 Å². The molecule has 1 N–H and O–H groups in total. The van der Waals surface area contributed by atoms with Crippen LogP contribution in [0.3, 0.4) is 0 Å². The Hall–Kier alpha value is -1.63. The molecule has 1 atom stereocenters. The SMILES string of the molecule is CN(CC1CCCN1)c1c([N+](=O)[O-])ncn1C. The third kappa shape index (κ3) is 2.38. The lowest BCUT2D eigenvalue weighted by atomic mass is 10.2. The van der Waals surface area contributed by atoms with Crippen molar-refractivity contribution in [2.75, 3.05) is 25.0 Å². The summed E-state index contributed by atoms with van der Waals surface area (Å²) >= 11 is 0. The van der Waals surface area contributed by atoms with E-state index in [1.54, 1.807) is 11.6 Å². The van der Waals surface area contributed by atoms with Gasteiger partial charge in [0.2, 0.25) is 12.1 Å². The van der Waals surface area contributed by atoms with Gasteiger partial charge in [-0.05, 0) is 29.3 Å². The molecule has 0 amide bonds. The highest BCUT2D eigenvalue weighted by Gasteiger charge is 2.25. The maximum Gasteiger partial charge on any atom is 0.406 e. The molecule has 0 aromatic carbocycles. The number of nitrogens with one attached hydrogen (secondary N) is 1. The van der Waals surface area contributed by atoms with E-state index in [9.17, 15) is 10.1 Å². The van der Waals surface area contributed by atoms with Crippen molar-refractivity contribution in [2.45, 2.75) is 18.9 Å². The number of nitrogens with zero attached hydrogens (tertiary/aromatic N) is 4. The van der Waals surface area contributed by atoms with E-state index in [0.717, 1.165) is 19.5 Å². The van der Waals surface area contributed by atoms with Crippen molar-refractivity contribution in [1.82, 2.24) is 14.9 Å². The quantitative estimate of drug-likeness (QED) is 0.612. The van der Waals surface area contributed by atoms with E-state index in [4.69, 9.17) is 0 Å². The Kier molecular flexibility index (Phi) is 3.28. The molecule has 1 fully saturated rings. The Labute approximate surface area is 99.6 Å². The van der Waals surface area contributed by atoms with Crippen LogP contribution in [0.1, 0.15) is 12.8 Å². The second-order valence-corrected chi connectivity index (χ2v) is 4.43. The molecule has 17 heavy (non-hydrogen) atoms. The van der Waals surface area contributed by atoms with Gasteiger partial charge >= 0.3 is 5.82 Å². The fraction of sp³-hybridized carbons (Fsp3) is 0.700. The minimum absolute atomic E-state index is 0.0759. The lowest BCUT2D eigenvalue weighted by Gasteiger charge is -2.22. The molecule has 1 aromatic rings. The number of hydrogen-bond donors (Lipinski definition) is 1. The Morgan fingerprint density at radius 3 is 3.12 bits per heavy atom. The fourth-order valence-corrected chi connectivity index (χ4v) is 2.31. The topological polar surface area (TPSA) is 76.2 Å². The maximum atomic E-state index is 10.9. The number of aromatic nitrogens is 2. The first kappa shape index (κ1) is 11.8. The molecule has 0 radical (unpaired) electrons. The van der Waals surface area contributed by atoms with Crippen LogP contribution in [-0.4, -0.2) is 40.7 Å². The summed E-state index contributed by atoms with van der Waals surface area (Å²) in [6, 6.07) is 0.412. The average Bonchev–Trinajstić information content (AvgIpc) is 2.86. The molecule has 1 unspecified atom stereocenters. The van der Waals surface area contributed by atoms with E-state index in [2.05, 4.69) is 10.3 Å². The largest absolute Gasteiger partial charge is 0.406 e. The number of imidazole rings is 1. The monoisotopic (exact) mass is 239 g/mol. The van der Waals surface area contributed by atoms with Crippen molar-refractivity contribution in [2.24, 2.45) is 7.05 Å². The normalized spacial score (nSPS) is 19.5. The Bertz CT molecular complexity index is 411. The van der Waals surface area contributed by atoms with Crippen LogP contribution in [0.25, 0.3) is 0 Å². The van der Waals surface area contributed by atoms with E-state index in [1.807, 2.05) is 11.9 Å². The summed E-state index contributed by atoms with van der Waals surface area (Å²) in [4.78, 5) is 16.1. The standard InChI is InChI=1S/C10H17N5O2/c1-13(6-8-4-3-5-11-8)10-9(15(16)17)12-7-14(10)2/h7-8,11H,3-6H2,1-2H3. The molecular formula is C10H17N5O2. The van der Waals surface area contributed by atoms with Crippen LogP contribution in [0.4, 0.5) is 11.6 Å². The van der Waals surface area contributed by atoms with Gasteiger partial charge < -0.3 is 20.3 Å². The molecule has 0 aliphatic carbocycles. The van der Waals surface area contributed by atoms with E-state index in [-0.39, 0.29) is 5.82 Å². The molecule has 94 valence electrons. The van der Waals surface area contributed by atoms with Gasteiger partial charge in [0.25, 0.3) is 0 Å². The number of nitro groups is 1. The smallest absolute Gasteiger partial charge is 0.358 e. The van der Waals surface area contributed by atoms with Gasteiger partial charge in [-0.15, -0.1) is 0 Å². The Balaban J connectivity index is 2.14. The lowest BCUT2D eigenvalue weighted by molar-refractivity contribution is -0.388. The predicted molar refractivity (Wildman–Crippen MR) is 64.2 cm³/mol. The molecule has 0 bridgehead atoms. The molecular weight excluding hydrogens is 222 g/mol. The van der Waals surface area contributed by atoms with Crippen LogP contribution < -0.4 is 10.2 Å². The van der Waals surface area contributed by atoms with Crippen molar-refractivity contribution >= 4 is 11.6 Å². The minimum Gasteiger partial charge on any atom is -0.358 e. The summed E-state index contributed by atoms with van der Waals surface area (Å²) in [5, 5.41) is 14.2. The van der Waals surface area contributed by atoms with Crippen molar-refractivity contribution in [3.8, 4) is 0 Å². The van der Waals surface area contributed by atoms with Gasteiger partial charge in [0, 0.05) is 26.7 Å². The van der Waals surface area contributed by atoms with E-state index in [0.29, 0.717) is 11.9 Å². The summed E-state index contributed by atoms with van der Waals surface area (Å²) < 4.78 is 1.69. The third-order valence-corrected chi connectivity index (χ3v) is 3.08. The zero-order valence-corrected chi connectivity index (χ0v) is 10.1. The molecule has 0 spiro atoms. The second kappa shape index (κ2) is 4.70. The van der Waals surface area contributed by atoms with E-state index in [1.165, 1.54) is 12.7 Å². The summed E-state index contributed by atoms with van der Waals surface area (Å²) in [5.74, 6) is 0.483. The summed E-state index contributed by atoms with van der Waals surface area (Å²) in [6.07, 6.45) is 3.77. The summed E-state index contributed by atoms with van der Waals surface area (Å²) in [6.45, 7) is 1.80. The molecule has 7 nitrogen and oxygen atoms in total. The molecule has 1 aromatic heterocycles. The highest BCUT2D eigenvalue weighted by molar-refractivity contribution is 5.54. The highest BCUT2D eigenvalue weighted by Crippen LogP contribution is 2.25. The molecule has 0 saturated carbocycles. The van der Waals surface area contributed by atoms with E-state index >= 15 is 0 Å². The molecule has 7 heteroatoms. The van der Waals surface area contributed by atoms with Crippen LogP contribution in [0.15, 0.2) is 6.33 Å². The lowest BCUT2D eigenvalue weighted by Crippen LogP contribution is -2.36. The van der Waals surface area contributed by atoms with E-state index < -0.39 is 4.92 Å². The highest BCUT2D eigenvalue weighted by atomic mass is 16.6. The second-order valence-electron chi connectivity index (χ2n) is 4.43. The first-order valence-electron chi connectivity index (χ1n) is 5.70.